The smallest absolute Gasteiger partial charge is 0.190 e. The number of benzene rings is 2. The highest BCUT2D eigenvalue weighted by molar-refractivity contribution is 7.19. The summed E-state index contributed by atoms with van der Waals surface area (Å²) in [6, 6.07) is 17.4. The number of Topliss-reactive ketones (excluding diaryl/α,β-unsaturated/α-hetero) is 1. The lowest BCUT2D eigenvalue weighted by Crippen LogP contribution is -2.16. The Labute approximate surface area is 139 Å². The maximum Gasteiger partial charge on any atom is 0.190 e. The van der Waals surface area contributed by atoms with E-state index in [-0.39, 0.29) is 5.78 Å². The van der Waals surface area contributed by atoms with Crippen molar-refractivity contribution < 1.29 is 4.79 Å². The number of rotatable bonds is 5. The SMILES string of the molecule is CCN/C(=C(/C)C(=O)c1ccccc1)c1nc2ccccc2s1. The number of thiazole rings is 1. The topological polar surface area (TPSA) is 42.0 Å². The lowest BCUT2D eigenvalue weighted by molar-refractivity contribution is 0.103. The zero-order valence-electron chi connectivity index (χ0n) is 13.2. The first-order valence-electron chi connectivity index (χ1n) is 7.61. The van der Waals surface area contributed by atoms with E-state index in [9.17, 15) is 4.79 Å². The van der Waals surface area contributed by atoms with Crippen LogP contribution in [0.1, 0.15) is 29.2 Å². The second-order valence-electron chi connectivity index (χ2n) is 5.21. The maximum atomic E-state index is 12.7. The molecule has 3 aromatic rings. The molecule has 0 bridgehead atoms. The Balaban J connectivity index is 2.07. The number of ketones is 1. The van der Waals surface area contributed by atoms with Gasteiger partial charge >= 0.3 is 0 Å². The zero-order valence-corrected chi connectivity index (χ0v) is 14.0. The lowest BCUT2D eigenvalue weighted by atomic mass is 10.0. The van der Waals surface area contributed by atoms with Crippen LogP contribution in [0.5, 0.6) is 0 Å². The highest BCUT2D eigenvalue weighted by Gasteiger charge is 2.17. The van der Waals surface area contributed by atoms with E-state index in [2.05, 4.69) is 16.4 Å². The number of para-hydroxylation sites is 1. The molecule has 0 aliphatic carbocycles. The number of nitrogens with one attached hydrogen (secondary N) is 1. The highest BCUT2D eigenvalue weighted by Crippen LogP contribution is 2.28. The summed E-state index contributed by atoms with van der Waals surface area (Å²) in [5, 5.41) is 4.17. The molecule has 0 atom stereocenters. The van der Waals surface area contributed by atoms with E-state index in [4.69, 9.17) is 0 Å². The third-order valence-corrected chi connectivity index (χ3v) is 4.67. The van der Waals surface area contributed by atoms with Gasteiger partial charge in [0.05, 0.1) is 15.9 Å². The number of aromatic nitrogens is 1. The molecule has 3 rings (SSSR count). The van der Waals surface area contributed by atoms with Crippen molar-refractivity contribution in [2.24, 2.45) is 0 Å². The van der Waals surface area contributed by atoms with Crippen LogP contribution in [-0.4, -0.2) is 17.3 Å². The molecule has 0 saturated carbocycles. The molecule has 3 nitrogen and oxygen atoms in total. The molecule has 0 unspecified atom stereocenters. The molecule has 0 saturated heterocycles. The number of allylic oxidation sites excluding steroid dienone is 1. The van der Waals surface area contributed by atoms with Crippen LogP contribution in [0.15, 0.2) is 60.2 Å². The summed E-state index contributed by atoms with van der Waals surface area (Å²) >= 11 is 1.60. The fourth-order valence-electron chi connectivity index (χ4n) is 2.44. The largest absolute Gasteiger partial charge is 0.383 e. The van der Waals surface area contributed by atoms with Gasteiger partial charge in [-0.2, -0.15) is 0 Å². The van der Waals surface area contributed by atoms with Gasteiger partial charge in [0.15, 0.2) is 5.78 Å². The van der Waals surface area contributed by atoms with E-state index in [1.165, 1.54) is 0 Å². The number of hydrogen-bond acceptors (Lipinski definition) is 4. The molecule has 1 aromatic heterocycles. The Hall–Kier alpha value is -2.46. The van der Waals surface area contributed by atoms with Gasteiger partial charge in [0.1, 0.15) is 5.01 Å². The quantitative estimate of drug-likeness (QED) is 0.555. The van der Waals surface area contributed by atoms with Crippen LogP contribution in [0, 0.1) is 0 Å². The molecular weight excluding hydrogens is 304 g/mol. The van der Waals surface area contributed by atoms with Crippen LogP contribution in [-0.2, 0) is 0 Å². The number of fused-ring (bicyclic) bond motifs is 1. The zero-order chi connectivity index (χ0) is 16.2. The average molecular weight is 322 g/mol. The third-order valence-electron chi connectivity index (χ3n) is 3.61. The van der Waals surface area contributed by atoms with Crippen LogP contribution in [0.4, 0.5) is 0 Å². The molecule has 1 N–H and O–H groups in total. The van der Waals surface area contributed by atoms with E-state index < -0.39 is 0 Å². The van der Waals surface area contributed by atoms with Crippen LogP contribution in [0.25, 0.3) is 15.9 Å². The Morgan fingerprint density at radius 1 is 1.09 bits per heavy atom. The molecule has 4 heteroatoms. The minimum absolute atomic E-state index is 0.0285. The summed E-state index contributed by atoms with van der Waals surface area (Å²) in [5.74, 6) is 0.0285. The highest BCUT2D eigenvalue weighted by atomic mass is 32.1. The monoisotopic (exact) mass is 322 g/mol. The summed E-state index contributed by atoms with van der Waals surface area (Å²) < 4.78 is 1.12. The molecule has 2 aromatic carbocycles. The van der Waals surface area contributed by atoms with Crippen molar-refractivity contribution in [1.29, 1.82) is 0 Å². The van der Waals surface area contributed by atoms with Crippen molar-refractivity contribution in [2.45, 2.75) is 13.8 Å². The molecule has 0 spiro atoms. The second kappa shape index (κ2) is 6.75. The Bertz CT molecular complexity index is 832. The van der Waals surface area contributed by atoms with Gasteiger partial charge in [0.2, 0.25) is 0 Å². The summed E-state index contributed by atoms with van der Waals surface area (Å²) in [7, 11) is 0. The minimum atomic E-state index is 0.0285. The average Bonchev–Trinajstić information content (AvgIpc) is 3.03. The standard InChI is InChI=1S/C19H18N2OS/c1-3-20-17(13(2)18(22)14-9-5-4-6-10-14)19-21-15-11-7-8-12-16(15)23-19/h4-12,20H,3H2,1-2H3/b17-13-. The van der Waals surface area contributed by atoms with Gasteiger partial charge in [-0.05, 0) is 26.0 Å². The van der Waals surface area contributed by atoms with E-state index >= 15 is 0 Å². The van der Waals surface area contributed by atoms with Crippen LogP contribution >= 0.6 is 11.3 Å². The van der Waals surface area contributed by atoms with Crippen molar-refractivity contribution in [3.05, 3.63) is 70.7 Å². The molecule has 0 amide bonds. The van der Waals surface area contributed by atoms with Gasteiger partial charge in [0.25, 0.3) is 0 Å². The number of hydrogen-bond donors (Lipinski definition) is 1. The Morgan fingerprint density at radius 2 is 1.78 bits per heavy atom. The van der Waals surface area contributed by atoms with Crippen LogP contribution in [0.3, 0.4) is 0 Å². The normalized spacial score (nSPS) is 12.1. The van der Waals surface area contributed by atoms with Crippen molar-refractivity contribution in [2.75, 3.05) is 6.54 Å². The fraction of sp³-hybridized carbons (Fsp3) is 0.158. The molecule has 116 valence electrons. The number of nitrogens with zero attached hydrogens (tertiary/aromatic N) is 1. The predicted octanol–water partition coefficient (Wildman–Crippen LogP) is 4.52. The molecular formula is C19H18N2OS. The van der Waals surface area contributed by atoms with E-state index in [0.29, 0.717) is 11.1 Å². The predicted molar refractivity (Wildman–Crippen MR) is 96.7 cm³/mol. The third kappa shape index (κ3) is 3.17. The lowest BCUT2D eigenvalue weighted by Gasteiger charge is -2.10. The van der Waals surface area contributed by atoms with Gasteiger partial charge in [-0.25, -0.2) is 4.98 Å². The first-order chi connectivity index (χ1) is 11.2. The van der Waals surface area contributed by atoms with Gasteiger partial charge < -0.3 is 5.32 Å². The van der Waals surface area contributed by atoms with Crippen molar-refractivity contribution in [1.82, 2.24) is 10.3 Å². The molecule has 23 heavy (non-hydrogen) atoms. The minimum Gasteiger partial charge on any atom is -0.383 e. The van der Waals surface area contributed by atoms with Crippen molar-refractivity contribution in [3.63, 3.8) is 0 Å². The first-order valence-corrected chi connectivity index (χ1v) is 8.42. The van der Waals surface area contributed by atoms with Gasteiger partial charge in [-0.1, -0.05) is 42.5 Å². The summed E-state index contributed by atoms with van der Waals surface area (Å²) in [6.07, 6.45) is 0. The number of carbonyl (C=O) groups excluding carboxylic acids is 1. The fourth-order valence-corrected chi connectivity index (χ4v) is 3.49. The van der Waals surface area contributed by atoms with Crippen molar-refractivity contribution in [3.8, 4) is 0 Å². The molecule has 0 fully saturated rings. The maximum absolute atomic E-state index is 12.7. The Morgan fingerprint density at radius 3 is 2.48 bits per heavy atom. The molecule has 0 aliphatic heterocycles. The van der Waals surface area contributed by atoms with Crippen molar-refractivity contribution >= 4 is 33.0 Å². The molecule has 0 aliphatic rings. The van der Waals surface area contributed by atoms with E-state index in [0.717, 1.165) is 27.5 Å². The Kier molecular flexibility index (Phi) is 4.53. The van der Waals surface area contributed by atoms with E-state index in [1.54, 1.807) is 11.3 Å². The summed E-state index contributed by atoms with van der Waals surface area (Å²) in [4.78, 5) is 17.4. The van der Waals surface area contributed by atoms with Gasteiger partial charge in [-0.3, -0.25) is 4.79 Å². The second-order valence-corrected chi connectivity index (χ2v) is 6.24. The number of carbonyl (C=O) groups is 1. The first kappa shape index (κ1) is 15.4. The van der Waals surface area contributed by atoms with E-state index in [1.807, 2.05) is 62.4 Å². The molecule has 0 radical (unpaired) electrons. The van der Waals surface area contributed by atoms with Gasteiger partial charge in [-0.15, -0.1) is 11.3 Å². The van der Waals surface area contributed by atoms with Crippen LogP contribution < -0.4 is 5.32 Å². The molecule has 1 heterocycles. The summed E-state index contributed by atoms with van der Waals surface area (Å²) in [6.45, 7) is 4.62. The summed E-state index contributed by atoms with van der Waals surface area (Å²) in [5.41, 5.74) is 3.17. The van der Waals surface area contributed by atoms with Gasteiger partial charge in [0, 0.05) is 17.7 Å². The van der Waals surface area contributed by atoms with Crippen LogP contribution in [0.2, 0.25) is 0 Å².